The van der Waals surface area contributed by atoms with Gasteiger partial charge in [0, 0.05) is 12.1 Å². The molecular weight excluding hydrogens is 440 g/mol. The monoisotopic (exact) mass is 478 g/mol. The molecule has 188 valence electrons. The highest BCUT2D eigenvalue weighted by molar-refractivity contribution is 6.46. The number of aliphatic hydroxyl groups excluding tert-OH is 1. The Kier molecular flexibility index (Phi) is 9.10. The zero-order chi connectivity index (χ0) is 25.5. The Hall–Kier alpha value is -3.12. The lowest BCUT2D eigenvalue weighted by molar-refractivity contribution is -0.139. The first-order valence-electron chi connectivity index (χ1n) is 12.5. The fourth-order valence-electron chi connectivity index (χ4n) is 4.42. The molecule has 0 aromatic heterocycles. The van der Waals surface area contributed by atoms with E-state index in [4.69, 9.17) is 4.74 Å². The number of carbonyl (C=O) groups is 2. The number of hydrogen-bond acceptors (Lipinski definition) is 5. The standard InChI is InChI=1S/C29H38N2O4/c1-6-8-18-35-23-14-15-24(20(3)19-23)27(32)25-26(22-12-10-21(7-2)11-13-22)31(29(34)28(25)33)17-9-16-30(4)5/h10-15,19,26,32H,6-9,16-18H2,1-5H3/b27-25+. The number of ether oxygens (including phenoxy) is 1. The molecule has 1 heterocycles. The van der Waals surface area contributed by atoms with Crippen molar-refractivity contribution in [3.05, 3.63) is 70.3 Å². The lowest BCUT2D eigenvalue weighted by atomic mass is 9.93. The van der Waals surface area contributed by atoms with Crippen molar-refractivity contribution in [2.75, 3.05) is 33.8 Å². The Labute approximate surface area is 209 Å². The van der Waals surface area contributed by atoms with E-state index in [1.807, 2.05) is 51.4 Å². The second-order valence-electron chi connectivity index (χ2n) is 9.42. The average Bonchev–Trinajstić information content (AvgIpc) is 3.09. The van der Waals surface area contributed by atoms with Crippen molar-refractivity contribution in [1.82, 2.24) is 9.80 Å². The van der Waals surface area contributed by atoms with Crippen LogP contribution in [0.2, 0.25) is 0 Å². The second-order valence-corrected chi connectivity index (χ2v) is 9.42. The van der Waals surface area contributed by atoms with Crippen LogP contribution in [0.1, 0.15) is 61.4 Å². The van der Waals surface area contributed by atoms with Crippen LogP contribution in [0.3, 0.4) is 0 Å². The van der Waals surface area contributed by atoms with Crippen molar-refractivity contribution in [3.63, 3.8) is 0 Å². The zero-order valence-corrected chi connectivity index (χ0v) is 21.6. The molecule has 35 heavy (non-hydrogen) atoms. The quantitative estimate of drug-likeness (QED) is 0.210. The molecule has 0 radical (unpaired) electrons. The Bertz CT molecular complexity index is 1070. The Morgan fingerprint density at radius 3 is 2.37 bits per heavy atom. The van der Waals surface area contributed by atoms with E-state index >= 15 is 0 Å². The SMILES string of the molecule is CCCCOc1ccc(/C(O)=C2\C(=O)C(=O)N(CCCN(C)C)C2c2ccc(CC)cc2)c(C)c1. The number of ketones is 1. The van der Waals surface area contributed by atoms with Crippen LogP contribution in [0.25, 0.3) is 5.76 Å². The van der Waals surface area contributed by atoms with Crippen molar-refractivity contribution in [2.24, 2.45) is 0 Å². The van der Waals surface area contributed by atoms with Crippen LogP contribution in [-0.2, 0) is 16.0 Å². The molecule has 1 saturated heterocycles. The summed E-state index contributed by atoms with van der Waals surface area (Å²) in [5.41, 5.74) is 3.47. The molecule has 1 aliphatic heterocycles. The van der Waals surface area contributed by atoms with Gasteiger partial charge in [0.2, 0.25) is 0 Å². The second kappa shape index (κ2) is 12.0. The van der Waals surface area contributed by atoms with E-state index in [-0.39, 0.29) is 11.3 Å². The van der Waals surface area contributed by atoms with Crippen molar-refractivity contribution >= 4 is 17.4 Å². The predicted octanol–water partition coefficient (Wildman–Crippen LogP) is 5.11. The number of nitrogens with zero attached hydrogens (tertiary/aromatic N) is 2. The third-order valence-corrected chi connectivity index (χ3v) is 6.47. The fraction of sp³-hybridized carbons (Fsp3) is 0.448. The number of amides is 1. The molecule has 6 nitrogen and oxygen atoms in total. The van der Waals surface area contributed by atoms with E-state index in [9.17, 15) is 14.7 Å². The van der Waals surface area contributed by atoms with Gasteiger partial charge in [0.1, 0.15) is 11.5 Å². The lowest BCUT2D eigenvalue weighted by Crippen LogP contribution is -2.32. The summed E-state index contributed by atoms with van der Waals surface area (Å²) in [4.78, 5) is 30.0. The van der Waals surface area contributed by atoms with Crippen LogP contribution in [0.5, 0.6) is 5.75 Å². The first-order chi connectivity index (χ1) is 16.8. The number of Topliss-reactive ketones (excluding diaryl/α,β-unsaturated/α-hetero) is 1. The summed E-state index contributed by atoms with van der Waals surface area (Å²) in [6.45, 7) is 7.93. The van der Waals surface area contributed by atoms with Gasteiger partial charge in [0.15, 0.2) is 0 Å². The number of unbranched alkanes of at least 4 members (excludes halogenated alkanes) is 1. The summed E-state index contributed by atoms with van der Waals surface area (Å²) < 4.78 is 5.79. The van der Waals surface area contributed by atoms with E-state index in [1.165, 1.54) is 5.56 Å². The van der Waals surface area contributed by atoms with Gasteiger partial charge < -0.3 is 19.6 Å². The van der Waals surface area contributed by atoms with Crippen LogP contribution in [0.4, 0.5) is 0 Å². The van der Waals surface area contributed by atoms with Gasteiger partial charge in [-0.15, -0.1) is 0 Å². The summed E-state index contributed by atoms with van der Waals surface area (Å²) in [7, 11) is 3.96. The van der Waals surface area contributed by atoms with Gasteiger partial charge in [0.25, 0.3) is 11.7 Å². The van der Waals surface area contributed by atoms with Crippen molar-refractivity contribution in [2.45, 2.75) is 52.5 Å². The van der Waals surface area contributed by atoms with Crippen molar-refractivity contribution in [1.29, 1.82) is 0 Å². The van der Waals surface area contributed by atoms with Crippen molar-refractivity contribution in [3.8, 4) is 5.75 Å². The van der Waals surface area contributed by atoms with E-state index < -0.39 is 17.7 Å². The van der Waals surface area contributed by atoms with Gasteiger partial charge in [-0.1, -0.05) is 44.5 Å². The summed E-state index contributed by atoms with van der Waals surface area (Å²) in [5.74, 6) is -0.615. The maximum Gasteiger partial charge on any atom is 0.295 e. The maximum absolute atomic E-state index is 13.2. The summed E-state index contributed by atoms with van der Waals surface area (Å²) in [5, 5.41) is 11.4. The number of aryl methyl sites for hydroxylation is 2. The molecule has 1 fully saturated rings. The van der Waals surface area contributed by atoms with Crippen LogP contribution < -0.4 is 4.74 Å². The van der Waals surface area contributed by atoms with E-state index in [0.29, 0.717) is 18.7 Å². The molecule has 2 aromatic carbocycles. The molecular formula is C29H38N2O4. The zero-order valence-electron chi connectivity index (χ0n) is 21.6. The predicted molar refractivity (Wildman–Crippen MR) is 140 cm³/mol. The lowest BCUT2D eigenvalue weighted by Gasteiger charge is -2.26. The maximum atomic E-state index is 13.2. The first-order valence-corrected chi connectivity index (χ1v) is 12.5. The molecule has 0 bridgehead atoms. The van der Waals surface area contributed by atoms with Gasteiger partial charge in [-0.3, -0.25) is 9.59 Å². The molecule has 1 amide bonds. The number of rotatable bonds is 11. The Morgan fingerprint density at radius 1 is 1.06 bits per heavy atom. The molecule has 2 aromatic rings. The molecule has 1 N–H and O–H groups in total. The minimum atomic E-state index is -0.639. The number of likely N-dealkylation sites (tertiary alicyclic amines) is 1. The number of hydrogen-bond donors (Lipinski definition) is 1. The van der Waals surface area contributed by atoms with Crippen LogP contribution in [0.15, 0.2) is 48.0 Å². The third-order valence-electron chi connectivity index (χ3n) is 6.47. The molecule has 1 atom stereocenters. The van der Waals surface area contributed by atoms with E-state index in [0.717, 1.165) is 49.1 Å². The first kappa shape index (κ1) is 26.5. The highest BCUT2D eigenvalue weighted by atomic mass is 16.5. The average molecular weight is 479 g/mol. The minimum Gasteiger partial charge on any atom is -0.507 e. The minimum absolute atomic E-state index is 0.138. The number of aliphatic hydroxyl groups is 1. The Balaban J connectivity index is 2.03. The van der Waals surface area contributed by atoms with Crippen molar-refractivity contribution < 1.29 is 19.4 Å². The van der Waals surface area contributed by atoms with Gasteiger partial charge >= 0.3 is 0 Å². The smallest absolute Gasteiger partial charge is 0.295 e. The molecule has 3 rings (SSSR count). The molecule has 1 aliphatic rings. The third kappa shape index (κ3) is 6.12. The number of carbonyl (C=O) groups excluding carboxylic acids is 2. The highest BCUT2D eigenvalue weighted by Gasteiger charge is 2.45. The summed E-state index contributed by atoms with van der Waals surface area (Å²) in [6.07, 6.45) is 3.64. The summed E-state index contributed by atoms with van der Waals surface area (Å²) >= 11 is 0. The van der Waals surface area contributed by atoms with Crippen LogP contribution in [-0.4, -0.2) is 60.4 Å². The summed E-state index contributed by atoms with van der Waals surface area (Å²) in [6, 6.07) is 12.8. The Morgan fingerprint density at radius 2 is 1.77 bits per heavy atom. The van der Waals surface area contributed by atoms with Gasteiger partial charge in [-0.05, 0) is 81.7 Å². The van der Waals surface area contributed by atoms with Crippen LogP contribution >= 0.6 is 0 Å². The van der Waals surface area contributed by atoms with Gasteiger partial charge in [0.05, 0.1) is 18.2 Å². The molecule has 1 unspecified atom stereocenters. The fourth-order valence-corrected chi connectivity index (χ4v) is 4.42. The molecule has 0 saturated carbocycles. The molecule has 0 spiro atoms. The molecule has 0 aliphatic carbocycles. The van der Waals surface area contributed by atoms with Crippen LogP contribution in [0, 0.1) is 6.92 Å². The van der Waals surface area contributed by atoms with E-state index in [2.05, 4.69) is 18.7 Å². The molecule has 6 heteroatoms. The normalized spacial score (nSPS) is 17.4. The topological polar surface area (TPSA) is 70.1 Å². The van der Waals surface area contributed by atoms with Gasteiger partial charge in [-0.25, -0.2) is 0 Å². The highest BCUT2D eigenvalue weighted by Crippen LogP contribution is 2.40. The largest absolute Gasteiger partial charge is 0.507 e. The number of benzene rings is 2. The van der Waals surface area contributed by atoms with E-state index in [1.54, 1.807) is 17.0 Å². The van der Waals surface area contributed by atoms with Gasteiger partial charge in [-0.2, -0.15) is 0 Å².